The molecular formula is C59H45N7. The van der Waals surface area contributed by atoms with Crippen LogP contribution in [0.1, 0.15) is 80.7 Å². The van der Waals surface area contributed by atoms with Crippen molar-refractivity contribution in [2.24, 2.45) is 0 Å². The third-order valence-electron chi connectivity index (χ3n) is 13.6. The zero-order valence-corrected chi connectivity index (χ0v) is 34.8. The van der Waals surface area contributed by atoms with Crippen LogP contribution < -0.4 is 4.90 Å². The second-order valence-corrected chi connectivity index (χ2v) is 16.8. The third kappa shape index (κ3) is 5.00. The van der Waals surface area contributed by atoms with Crippen LogP contribution in [0.25, 0.3) is 94.1 Å². The molecule has 4 aromatic heterocycles. The second kappa shape index (κ2) is 13.7. The highest BCUT2D eigenvalue weighted by molar-refractivity contribution is 6.12. The zero-order chi connectivity index (χ0) is 66.4. The average molecular weight is 878 g/mol. The quantitative estimate of drug-likeness (QED) is 0.173. The van der Waals surface area contributed by atoms with Gasteiger partial charge in [-0.1, -0.05) is 141 Å². The summed E-state index contributed by atoms with van der Waals surface area (Å²) in [5.41, 5.74) is -5.07. The largest absolute Gasteiger partial charge is 0.309 e. The molecule has 5 heterocycles. The van der Waals surface area contributed by atoms with Crippen molar-refractivity contribution >= 4 is 77.1 Å². The highest BCUT2D eigenvalue weighted by Gasteiger charge is 2.58. The number of aromatic nitrogens is 6. The Morgan fingerprint density at radius 3 is 1.74 bits per heavy atom. The summed E-state index contributed by atoms with van der Waals surface area (Å²) in [6, 6.07) is -12.2. The molecule has 8 aromatic carbocycles. The van der Waals surface area contributed by atoms with Gasteiger partial charge in [-0.05, 0) is 91.8 Å². The molecule has 1 aliphatic heterocycles. The van der Waals surface area contributed by atoms with Gasteiger partial charge in [-0.15, -0.1) is 0 Å². The van der Waals surface area contributed by atoms with Crippen molar-refractivity contribution in [3.63, 3.8) is 0 Å². The molecule has 7 heteroatoms. The highest BCUT2D eigenvalue weighted by atomic mass is 15.4. The summed E-state index contributed by atoms with van der Waals surface area (Å²) < 4.78 is 244. The predicted molar refractivity (Wildman–Crippen MR) is 271 cm³/mol. The molecule has 1 saturated carbocycles. The number of benzene rings is 8. The van der Waals surface area contributed by atoms with Crippen molar-refractivity contribution in [2.75, 3.05) is 4.90 Å². The summed E-state index contributed by atoms with van der Waals surface area (Å²) in [6.45, 7) is 4.07. The van der Waals surface area contributed by atoms with E-state index >= 15 is 0 Å². The monoisotopic (exact) mass is 878 g/mol. The van der Waals surface area contributed by atoms with Crippen LogP contribution in [-0.2, 0) is 5.41 Å². The van der Waals surface area contributed by atoms with Crippen LogP contribution in [0.2, 0.25) is 0 Å². The minimum atomic E-state index is -0.951. The van der Waals surface area contributed by atoms with Gasteiger partial charge in [-0.3, -0.25) is 4.57 Å². The molecule has 316 valence electrons. The standard InChI is InChI=1S/C59H45N7/c1-58-35-17-18-36-59(58,2)66(54-32-16-9-25-46(54)58)57-61-55(44-24-8-15-31-52(44)64-49-28-12-5-21-41(49)42-22-6-13-29-50(42)64)60-56(62-57)65-51-30-14-7-23-43(51)45-37-38(33-34-53(45)65)63-47-26-10-3-19-39(47)40-20-4-11-27-48(40)63/h3-16,19-34,37H,17-18,35-36H2,1-2H3/i3D,4D,5D,6D,7D,8D,10D,11D,12D,13D,14D,15D,19D,20D,21D,23D,24D,26D,27D,28D,29D,30D,31D,33D,34D,37D. The highest BCUT2D eigenvalue weighted by Crippen LogP contribution is 2.60. The summed E-state index contributed by atoms with van der Waals surface area (Å²) in [7, 11) is 0. The van der Waals surface area contributed by atoms with E-state index in [1.54, 1.807) is 6.07 Å². The second-order valence-electron chi connectivity index (χ2n) is 16.8. The van der Waals surface area contributed by atoms with Crippen LogP contribution >= 0.6 is 0 Å². The summed E-state index contributed by atoms with van der Waals surface area (Å²) >= 11 is 0. The smallest absolute Gasteiger partial charge is 0.240 e. The molecule has 2 unspecified atom stereocenters. The predicted octanol–water partition coefficient (Wildman–Crippen LogP) is 14.6. The fourth-order valence-electron chi connectivity index (χ4n) is 10.5. The molecule has 0 spiro atoms. The molecule has 14 rings (SSSR count). The number of fused-ring (bicyclic) bond motifs is 12. The van der Waals surface area contributed by atoms with E-state index in [4.69, 9.17) is 31.4 Å². The van der Waals surface area contributed by atoms with Crippen molar-refractivity contribution in [3.8, 4) is 28.7 Å². The van der Waals surface area contributed by atoms with E-state index in [1.165, 1.54) is 0 Å². The van der Waals surface area contributed by atoms with Gasteiger partial charge in [0.1, 0.15) is 0 Å². The van der Waals surface area contributed by atoms with E-state index in [9.17, 15) is 19.2 Å². The maximum atomic E-state index is 10.3. The topological polar surface area (TPSA) is 56.7 Å². The zero-order valence-electron chi connectivity index (χ0n) is 60.8. The minimum absolute atomic E-state index is 0.160. The first-order valence-electron chi connectivity index (χ1n) is 34.1. The Morgan fingerprint density at radius 1 is 0.455 bits per heavy atom. The third-order valence-corrected chi connectivity index (χ3v) is 13.6. The normalized spacial score (nSPS) is 23.8. The molecule has 1 fully saturated rings. The van der Waals surface area contributed by atoms with Gasteiger partial charge in [0.25, 0.3) is 0 Å². The van der Waals surface area contributed by atoms with Crippen LogP contribution in [0.5, 0.6) is 0 Å². The molecule has 0 bridgehead atoms. The van der Waals surface area contributed by atoms with Crippen LogP contribution in [0.3, 0.4) is 0 Å². The van der Waals surface area contributed by atoms with Crippen molar-refractivity contribution in [2.45, 2.75) is 50.5 Å². The van der Waals surface area contributed by atoms with Gasteiger partial charge < -0.3 is 14.0 Å². The SMILES string of the molecule is [2H]c1cc2c3c([2H])c([2H])c([2H])c([2H])c3n(-c3c([2H])c([2H])c([2H])c([2H])c3-c3nc(N4c5ccccc5C5(C)CCCCC45C)nc(-n4c5c([2H])c([2H])c([2H])c([2H])c5c5c([2H])c(-n6c7c([2H])c([2H])c([2H])c([2H])c7c7c([2H])c([2H])c([2H])c([2H])c76)c([2H])c([2H])c54)n3)c2c([2H])c1[2H]. The van der Waals surface area contributed by atoms with E-state index < -0.39 is 246 Å². The molecule has 0 N–H and O–H groups in total. The van der Waals surface area contributed by atoms with Crippen LogP contribution in [0.4, 0.5) is 11.6 Å². The lowest BCUT2D eigenvalue weighted by atomic mass is 9.61. The fourth-order valence-corrected chi connectivity index (χ4v) is 10.5. The molecule has 0 radical (unpaired) electrons. The molecular weight excluding hydrogens is 807 g/mol. The molecule has 0 amide bonds. The van der Waals surface area contributed by atoms with Crippen molar-refractivity contribution in [3.05, 3.63) is 193 Å². The lowest BCUT2D eigenvalue weighted by molar-refractivity contribution is 0.193. The Kier molecular flexibility index (Phi) is 4.17. The molecule has 2 aliphatic rings. The van der Waals surface area contributed by atoms with E-state index in [1.807, 2.05) is 30.0 Å². The molecule has 2 atom stereocenters. The van der Waals surface area contributed by atoms with Gasteiger partial charge in [0.15, 0.2) is 5.82 Å². The lowest BCUT2D eigenvalue weighted by Crippen LogP contribution is -2.55. The minimum Gasteiger partial charge on any atom is -0.309 e. The number of anilines is 2. The van der Waals surface area contributed by atoms with Gasteiger partial charge in [0, 0.05) is 54.7 Å². The van der Waals surface area contributed by atoms with Gasteiger partial charge >= 0.3 is 0 Å². The summed E-state index contributed by atoms with van der Waals surface area (Å²) in [5, 5.41) is -2.31. The van der Waals surface area contributed by atoms with E-state index in [0.717, 1.165) is 31.8 Å². The van der Waals surface area contributed by atoms with E-state index in [0.29, 0.717) is 24.9 Å². The lowest BCUT2D eigenvalue weighted by Gasteiger charge is -2.49. The molecule has 66 heavy (non-hydrogen) atoms. The van der Waals surface area contributed by atoms with Crippen molar-refractivity contribution in [1.29, 1.82) is 0 Å². The van der Waals surface area contributed by atoms with Crippen LogP contribution in [0, 0.1) is 0 Å². The Labute approximate surface area is 418 Å². The fraction of sp³-hybridized carbons (Fsp3) is 0.136. The van der Waals surface area contributed by atoms with E-state index in [2.05, 4.69) is 6.92 Å². The maximum Gasteiger partial charge on any atom is 0.240 e. The van der Waals surface area contributed by atoms with Gasteiger partial charge in [-0.25, -0.2) is 0 Å². The maximum absolute atomic E-state index is 10.3. The Bertz CT molecular complexity index is 5430. The van der Waals surface area contributed by atoms with Crippen LogP contribution in [0.15, 0.2) is 187 Å². The molecule has 0 saturated heterocycles. The number of para-hydroxylation sites is 7. The first kappa shape index (κ1) is 20.0. The number of hydrogen-bond acceptors (Lipinski definition) is 4. The summed E-state index contributed by atoms with van der Waals surface area (Å²) in [4.78, 5) is 17.0. The number of hydrogen-bond donors (Lipinski definition) is 0. The first-order chi connectivity index (χ1) is 43.3. The Hall–Kier alpha value is -8.03. The van der Waals surface area contributed by atoms with Gasteiger partial charge in [0.05, 0.1) is 80.0 Å². The molecule has 7 nitrogen and oxygen atoms in total. The number of nitrogens with zero attached hydrogens (tertiary/aromatic N) is 7. The van der Waals surface area contributed by atoms with Crippen molar-refractivity contribution in [1.82, 2.24) is 28.7 Å². The van der Waals surface area contributed by atoms with E-state index in [-0.39, 0.29) is 22.2 Å². The van der Waals surface area contributed by atoms with Crippen molar-refractivity contribution < 1.29 is 35.6 Å². The average Bonchev–Trinajstić information content (AvgIpc) is 1.53. The summed E-state index contributed by atoms with van der Waals surface area (Å²) in [6.07, 6.45) is 2.65. The van der Waals surface area contributed by atoms with Gasteiger partial charge in [-0.2, -0.15) is 15.0 Å². The Balaban J connectivity index is 1.20. The van der Waals surface area contributed by atoms with Crippen LogP contribution in [-0.4, -0.2) is 34.2 Å². The summed E-state index contributed by atoms with van der Waals surface area (Å²) in [5.74, 6) is -1.56. The Morgan fingerprint density at radius 2 is 1.00 bits per heavy atom. The number of rotatable bonds is 5. The first-order valence-corrected chi connectivity index (χ1v) is 21.1. The van der Waals surface area contributed by atoms with Gasteiger partial charge in [0.2, 0.25) is 11.9 Å². The molecule has 12 aromatic rings. The molecule has 1 aliphatic carbocycles.